The number of rotatable bonds is 5. The van der Waals surface area contributed by atoms with E-state index in [2.05, 4.69) is 19.2 Å². The van der Waals surface area contributed by atoms with E-state index in [-0.39, 0.29) is 18.6 Å². The van der Waals surface area contributed by atoms with Crippen LogP contribution in [0, 0.1) is 12.8 Å². The van der Waals surface area contributed by atoms with Gasteiger partial charge in [-0.3, -0.25) is 0 Å². The zero-order valence-electron chi connectivity index (χ0n) is 11.9. The number of fused-ring (bicyclic) bond motifs is 1. The van der Waals surface area contributed by atoms with Crippen LogP contribution in [0.1, 0.15) is 30.5 Å². The average Bonchev–Trinajstić information content (AvgIpc) is 2.44. The van der Waals surface area contributed by atoms with Crippen molar-refractivity contribution in [3.8, 4) is 11.5 Å². The third-order valence-electron chi connectivity index (χ3n) is 3.81. The standard InChI is InChI=1S/C15H23NO3/c1-4-11(9-17)15(16-3)12-8-14-13(7-10(12)2)18-5-6-19-14/h7-8,11,15-17H,4-6,9H2,1-3H3. The van der Waals surface area contributed by atoms with Crippen LogP contribution >= 0.6 is 0 Å². The van der Waals surface area contributed by atoms with Gasteiger partial charge in [0.25, 0.3) is 0 Å². The van der Waals surface area contributed by atoms with Crippen LogP contribution < -0.4 is 14.8 Å². The Balaban J connectivity index is 2.37. The molecule has 4 heteroatoms. The SMILES string of the molecule is CCC(CO)C(NC)c1cc2c(cc1C)OCCO2. The molecule has 106 valence electrons. The molecule has 0 aliphatic carbocycles. The maximum Gasteiger partial charge on any atom is 0.161 e. The van der Waals surface area contributed by atoms with E-state index in [1.807, 2.05) is 19.2 Å². The van der Waals surface area contributed by atoms with E-state index in [0.717, 1.165) is 23.5 Å². The smallest absolute Gasteiger partial charge is 0.161 e. The van der Waals surface area contributed by atoms with Gasteiger partial charge < -0.3 is 19.9 Å². The Hall–Kier alpha value is -1.26. The Morgan fingerprint density at radius 3 is 2.42 bits per heavy atom. The third kappa shape index (κ3) is 2.85. The largest absolute Gasteiger partial charge is 0.486 e. The molecule has 4 nitrogen and oxygen atoms in total. The summed E-state index contributed by atoms with van der Waals surface area (Å²) < 4.78 is 11.2. The number of nitrogens with one attached hydrogen (secondary N) is 1. The molecule has 1 aromatic rings. The van der Waals surface area contributed by atoms with Crippen molar-refractivity contribution in [2.75, 3.05) is 26.9 Å². The molecule has 0 bridgehead atoms. The van der Waals surface area contributed by atoms with Gasteiger partial charge in [0.1, 0.15) is 13.2 Å². The molecule has 1 aliphatic rings. The fourth-order valence-electron chi connectivity index (χ4n) is 2.66. The summed E-state index contributed by atoms with van der Waals surface area (Å²) in [5.41, 5.74) is 2.34. The molecule has 2 N–H and O–H groups in total. The molecule has 1 heterocycles. The summed E-state index contributed by atoms with van der Waals surface area (Å²) in [6, 6.07) is 4.20. The number of benzene rings is 1. The Morgan fingerprint density at radius 1 is 1.26 bits per heavy atom. The molecule has 0 aromatic heterocycles. The lowest BCUT2D eigenvalue weighted by atomic mass is 9.88. The van der Waals surface area contributed by atoms with Gasteiger partial charge in [0.2, 0.25) is 0 Å². The fraction of sp³-hybridized carbons (Fsp3) is 0.600. The van der Waals surface area contributed by atoms with Crippen LogP contribution in [0.4, 0.5) is 0 Å². The summed E-state index contributed by atoms with van der Waals surface area (Å²) in [4.78, 5) is 0. The van der Waals surface area contributed by atoms with E-state index in [4.69, 9.17) is 9.47 Å². The predicted molar refractivity (Wildman–Crippen MR) is 74.8 cm³/mol. The van der Waals surface area contributed by atoms with Crippen molar-refractivity contribution in [1.29, 1.82) is 0 Å². The van der Waals surface area contributed by atoms with Crippen molar-refractivity contribution in [2.45, 2.75) is 26.3 Å². The van der Waals surface area contributed by atoms with Crippen LogP contribution in [0.3, 0.4) is 0 Å². The molecule has 1 aliphatic heterocycles. The number of hydrogen-bond donors (Lipinski definition) is 2. The summed E-state index contributed by atoms with van der Waals surface area (Å²) >= 11 is 0. The van der Waals surface area contributed by atoms with E-state index in [9.17, 15) is 5.11 Å². The average molecular weight is 265 g/mol. The number of aryl methyl sites for hydroxylation is 1. The second kappa shape index (κ2) is 6.26. The molecule has 0 saturated carbocycles. The van der Waals surface area contributed by atoms with Gasteiger partial charge in [0.15, 0.2) is 11.5 Å². The molecule has 0 fully saturated rings. The minimum atomic E-state index is 0.130. The number of aliphatic hydroxyl groups is 1. The normalized spacial score (nSPS) is 17.1. The first-order valence-electron chi connectivity index (χ1n) is 6.89. The molecule has 1 aromatic carbocycles. The number of aliphatic hydroxyl groups excluding tert-OH is 1. The van der Waals surface area contributed by atoms with Gasteiger partial charge in [-0.1, -0.05) is 6.92 Å². The first-order chi connectivity index (χ1) is 9.21. The van der Waals surface area contributed by atoms with Gasteiger partial charge in [-0.25, -0.2) is 0 Å². The highest BCUT2D eigenvalue weighted by Crippen LogP contribution is 2.37. The van der Waals surface area contributed by atoms with Crippen LogP contribution in [-0.2, 0) is 0 Å². The second-order valence-corrected chi connectivity index (χ2v) is 4.97. The highest BCUT2D eigenvalue weighted by Gasteiger charge is 2.24. The maximum absolute atomic E-state index is 9.52. The highest BCUT2D eigenvalue weighted by atomic mass is 16.6. The van der Waals surface area contributed by atoms with Crippen LogP contribution in [0.25, 0.3) is 0 Å². The van der Waals surface area contributed by atoms with Gasteiger partial charge in [-0.2, -0.15) is 0 Å². The molecule has 0 saturated heterocycles. The van der Waals surface area contributed by atoms with Crippen molar-refractivity contribution < 1.29 is 14.6 Å². The minimum Gasteiger partial charge on any atom is -0.486 e. The van der Waals surface area contributed by atoms with Crippen molar-refractivity contribution in [1.82, 2.24) is 5.32 Å². The zero-order valence-corrected chi connectivity index (χ0v) is 11.9. The second-order valence-electron chi connectivity index (χ2n) is 4.97. The summed E-state index contributed by atoms with van der Waals surface area (Å²) in [6.45, 7) is 5.54. The van der Waals surface area contributed by atoms with Gasteiger partial charge in [-0.15, -0.1) is 0 Å². The minimum absolute atomic E-state index is 0.130. The lowest BCUT2D eigenvalue weighted by Crippen LogP contribution is -2.28. The topological polar surface area (TPSA) is 50.7 Å². The third-order valence-corrected chi connectivity index (χ3v) is 3.81. The molecular weight excluding hydrogens is 242 g/mol. The quantitative estimate of drug-likeness (QED) is 0.855. The van der Waals surface area contributed by atoms with E-state index in [1.54, 1.807) is 0 Å². The maximum atomic E-state index is 9.52. The lowest BCUT2D eigenvalue weighted by Gasteiger charge is -2.28. The van der Waals surface area contributed by atoms with E-state index in [1.165, 1.54) is 5.56 Å². The number of ether oxygens (including phenoxy) is 2. The van der Waals surface area contributed by atoms with Crippen molar-refractivity contribution >= 4 is 0 Å². The summed E-state index contributed by atoms with van der Waals surface area (Å²) in [5, 5.41) is 12.8. The Labute approximate surface area is 114 Å². The molecule has 2 unspecified atom stereocenters. The lowest BCUT2D eigenvalue weighted by molar-refractivity contribution is 0.169. The first-order valence-corrected chi connectivity index (χ1v) is 6.89. The first kappa shape index (κ1) is 14.2. The van der Waals surface area contributed by atoms with E-state index in [0.29, 0.717) is 13.2 Å². The van der Waals surface area contributed by atoms with Crippen LogP contribution in [0.5, 0.6) is 11.5 Å². The van der Waals surface area contributed by atoms with Crippen LogP contribution in [0.2, 0.25) is 0 Å². The van der Waals surface area contributed by atoms with Gasteiger partial charge in [0.05, 0.1) is 0 Å². The Morgan fingerprint density at radius 2 is 1.89 bits per heavy atom. The van der Waals surface area contributed by atoms with Crippen molar-refractivity contribution in [3.63, 3.8) is 0 Å². The molecule has 2 atom stereocenters. The molecule has 0 spiro atoms. The Kier molecular flexibility index (Phi) is 4.66. The molecular formula is C15H23NO3. The van der Waals surface area contributed by atoms with E-state index >= 15 is 0 Å². The summed E-state index contributed by atoms with van der Waals surface area (Å²) in [6.07, 6.45) is 0.926. The van der Waals surface area contributed by atoms with Crippen molar-refractivity contribution in [2.24, 2.45) is 5.92 Å². The van der Waals surface area contributed by atoms with Crippen LogP contribution in [0.15, 0.2) is 12.1 Å². The van der Waals surface area contributed by atoms with Crippen LogP contribution in [-0.4, -0.2) is 32.0 Å². The number of hydrogen-bond acceptors (Lipinski definition) is 4. The van der Waals surface area contributed by atoms with E-state index < -0.39 is 0 Å². The zero-order chi connectivity index (χ0) is 13.8. The molecule has 19 heavy (non-hydrogen) atoms. The predicted octanol–water partition coefficient (Wildman–Crippen LogP) is 2.05. The van der Waals surface area contributed by atoms with Gasteiger partial charge >= 0.3 is 0 Å². The van der Waals surface area contributed by atoms with Gasteiger partial charge in [-0.05, 0) is 43.7 Å². The highest BCUT2D eigenvalue weighted by molar-refractivity contribution is 5.48. The summed E-state index contributed by atoms with van der Waals surface area (Å²) in [5.74, 6) is 1.82. The van der Waals surface area contributed by atoms with Crippen molar-refractivity contribution in [3.05, 3.63) is 23.3 Å². The van der Waals surface area contributed by atoms with Gasteiger partial charge in [0, 0.05) is 18.6 Å². The molecule has 0 amide bonds. The molecule has 2 rings (SSSR count). The Bertz CT molecular complexity index is 430. The molecule has 0 radical (unpaired) electrons. The summed E-state index contributed by atoms with van der Waals surface area (Å²) in [7, 11) is 1.93. The monoisotopic (exact) mass is 265 g/mol. The fourth-order valence-corrected chi connectivity index (χ4v) is 2.66.